The third-order valence-electron chi connectivity index (χ3n) is 2.25. The molecule has 0 radical (unpaired) electrons. The zero-order chi connectivity index (χ0) is 11.4. The number of nitrogen functional groups attached to an aromatic ring is 1. The molecule has 5 nitrogen and oxygen atoms in total. The molecule has 0 spiro atoms. The summed E-state index contributed by atoms with van der Waals surface area (Å²) in [4.78, 5) is 15.6. The molecule has 2 rings (SSSR count). The molecular weight excluding hydrogens is 204 g/mol. The smallest absolute Gasteiger partial charge is 0.294 e. The topological polar surface area (TPSA) is 72.9 Å². The van der Waals surface area contributed by atoms with Gasteiger partial charge in [-0.2, -0.15) is 0 Å². The Morgan fingerprint density at radius 1 is 1.31 bits per heavy atom. The van der Waals surface area contributed by atoms with Gasteiger partial charge in [-0.25, -0.2) is 10.8 Å². The maximum Gasteiger partial charge on any atom is 0.294 e. The average molecular weight is 216 g/mol. The first-order chi connectivity index (χ1) is 7.81. The summed E-state index contributed by atoms with van der Waals surface area (Å²) in [6.07, 6.45) is 3.18. The number of aromatic nitrogens is 2. The Morgan fingerprint density at radius 2 is 2.06 bits per heavy atom. The quantitative estimate of drug-likeness (QED) is 0.581. The standard InChI is InChI=1S/C11H12N4O/c12-14-10-11(16)15(7-6-13-10)8-9-4-2-1-3-5-9/h1-7H,8,12H2,(H,13,14). The van der Waals surface area contributed by atoms with Crippen molar-refractivity contribution in [3.63, 3.8) is 0 Å². The molecule has 0 unspecified atom stereocenters. The van der Waals surface area contributed by atoms with Crippen molar-refractivity contribution >= 4 is 5.82 Å². The SMILES string of the molecule is NNc1nccn(Cc2ccccc2)c1=O. The summed E-state index contributed by atoms with van der Waals surface area (Å²) in [5, 5.41) is 0. The maximum atomic E-state index is 11.8. The van der Waals surface area contributed by atoms with Gasteiger partial charge in [0.15, 0.2) is 0 Å². The molecule has 2 aromatic rings. The molecule has 1 aromatic carbocycles. The van der Waals surface area contributed by atoms with Gasteiger partial charge in [0.05, 0.1) is 6.54 Å². The molecule has 1 aromatic heterocycles. The fourth-order valence-corrected chi connectivity index (χ4v) is 1.45. The van der Waals surface area contributed by atoms with Crippen molar-refractivity contribution < 1.29 is 0 Å². The van der Waals surface area contributed by atoms with E-state index in [0.717, 1.165) is 5.56 Å². The first-order valence-corrected chi connectivity index (χ1v) is 4.87. The molecule has 0 aliphatic heterocycles. The van der Waals surface area contributed by atoms with Gasteiger partial charge in [0, 0.05) is 12.4 Å². The summed E-state index contributed by atoms with van der Waals surface area (Å²) in [5.74, 6) is 5.34. The number of hydrazine groups is 1. The molecule has 0 aliphatic carbocycles. The van der Waals surface area contributed by atoms with E-state index in [1.807, 2.05) is 30.3 Å². The van der Waals surface area contributed by atoms with Crippen molar-refractivity contribution in [2.45, 2.75) is 6.54 Å². The molecule has 0 bridgehead atoms. The minimum absolute atomic E-state index is 0.151. The van der Waals surface area contributed by atoms with Crippen LogP contribution in [-0.2, 0) is 6.54 Å². The van der Waals surface area contributed by atoms with Crippen molar-refractivity contribution in [1.29, 1.82) is 0 Å². The molecule has 0 fully saturated rings. The number of nitrogens with zero attached hydrogens (tertiary/aromatic N) is 2. The fourth-order valence-electron chi connectivity index (χ4n) is 1.45. The summed E-state index contributed by atoms with van der Waals surface area (Å²) >= 11 is 0. The van der Waals surface area contributed by atoms with Gasteiger partial charge in [0.25, 0.3) is 5.56 Å². The lowest BCUT2D eigenvalue weighted by molar-refractivity contribution is 0.750. The van der Waals surface area contributed by atoms with Gasteiger partial charge in [0.2, 0.25) is 5.82 Å². The highest BCUT2D eigenvalue weighted by Crippen LogP contribution is 2.00. The first kappa shape index (κ1) is 10.4. The molecule has 16 heavy (non-hydrogen) atoms. The van der Waals surface area contributed by atoms with E-state index in [2.05, 4.69) is 10.4 Å². The van der Waals surface area contributed by atoms with Gasteiger partial charge in [-0.15, -0.1) is 0 Å². The highest BCUT2D eigenvalue weighted by molar-refractivity contribution is 5.29. The predicted octanol–water partition coefficient (Wildman–Crippen LogP) is 0.577. The third-order valence-corrected chi connectivity index (χ3v) is 2.25. The van der Waals surface area contributed by atoms with E-state index in [4.69, 9.17) is 5.84 Å². The molecule has 0 aliphatic rings. The number of nitrogens with two attached hydrogens (primary N) is 1. The number of rotatable bonds is 3. The van der Waals surface area contributed by atoms with Crippen molar-refractivity contribution in [3.05, 3.63) is 58.6 Å². The van der Waals surface area contributed by atoms with Crippen LogP contribution in [0.15, 0.2) is 47.5 Å². The number of benzene rings is 1. The number of hydrogen-bond acceptors (Lipinski definition) is 4. The lowest BCUT2D eigenvalue weighted by atomic mass is 10.2. The van der Waals surface area contributed by atoms with Crippen LogP contribution >= 0.6 is 0 Å². The average Bonchev–Trinajstić information content (AvgIpc) is 2.33. The van der Waals surface area contributed by atoms with Crippen molar-refractivity contribution in [2.75, 3.05) is 5.43 Å². The van der Waals surface area contributed by atoms with E-state index in [0.29, 0.717) is 6.54 Å². The van der Waals surface area contributed by atoms with Gasteiger partial charge < -0.3 is 9.99 Å². The van der Waals surface area contributed by atoms with Crippen LogP contribution in [0.25, 0.3) is 0 Å². The van der Waals surface area contributed by atoms with Crippen LogP contribution in [0.5, 0.6) is 0 Å². The Labute approximate surface area is 92.5 Å². The molecule has 0 saturated heterocycles. The van der Waals surface area contributed by atoms with Crippen molar-refractivity contribution in [1.82, 2.24) is 9.55 Å². The van der Waals surface area contributed by atoms with E-state index >= 15 is 0 Å². The normalized spacial score (nSPS) is 10.1. The number of anilines is 1. The summed E-state index contributed by atoms with van der Waals surface area (Å²) < 4.78 is 1.55. The largest absolute Gasteiger partial charge is 0.306 e. The van der Waals surface area contributed by atoms with E-state index in [1.165, 1.54) is 0 Å². The number of hydrogen-bond donors (Lipinski definition) is 2. The minimum atomic E-state index is -0.228. The maximum absolute atomic E-state index is 11.8. The fraction of sp³-hybridized carbons (Fsp3) is 0.0909. The zero-order valence-electron chi connectivity index (χ0n) is 8.63. The van der Waals surface area contributed by atoms with E-state index in [-0.39, 0.29) is 11.4 Å². The molecule has 82 valence electrons. The van der Waals surface area contributed by atoms with E-state index in [9.17, 15) is 4.79 Å². The first-order valence-electron chi connectivity index (χ1n) is 4.87. The minimum Gasteiger partial charge on any atom is -0.306 e. The molecule has 0 saturated carbocycles. The van der Waals surface area contributed by atoms with E-state index < -0.39 is 0 Å². The molecule has 0 amide bonds. The van der Waals surface area contributed by atoms with E-state index in [1.54, 1.807) is 17.0 Å². The second-order valence-electron chi connectivity index (χ2n) is 3.34. The monoisotopic (exact) mass is 216 g/mol. The van der Waals surface area contributed by atoms with Crippen molar-refractivity contribution in [2.24, 2.45) is 5.84 Å². The number of nitrogens with one attached hydrogen (secondary N) is 1. The Balaban J connectivity index is 2.32. The van der Waals surface area contributed by atoms with Crippen LogP contribution in [0.4, 0.5) is 5.82 Å². The van der Waals surface area contributed by atoms with Crippen molar-refractivity contribution in [3.8, 4) is 0 Å². The van der Waals surface area contributed by atoms with Gasteiger partial charge in [-0.3, -0.25) is 4.79 Å². The van der Waals surface area contributed by atoms with Crippen LogP contribution in [0, 0.1) is 0 Å². The summed E-state index contributed by atoms with van der Waals surface area (Å²) in [6, 6.07) is 9.73. The van der Waals surface area contributed by atoms with Gasteiger partial charge in [0.1, 0.15) is 0 Å². The highest BCUT2D eigenvalue weighted by atomic mass is 16.1. The van der Waals surface area contributed by atoms with Gasteiger partial charge >= 0.3 is 0 Å². The second kappa shape index (κ2) is 4.59. The zero-order valence-corrected chi connectivity index (χ0v) is 8.63. The van der Waals surface area contributed by atoms with Crippen LogP contribution in [-0.4, -0.2) is 9.55 Å². The van der Waals surface area contributed by atoms with Crippen LogP contribution in [0.3, 0.4) is 0 Å². The Kier molecular flexibility index (Phi) is 2.98. The Bertz CT molecular complexity index is 521. The predicted molar refractivity (Wildman–Crippen MR) is 61.9 cm³/mol. The Hall–Kier alpha value is -2.14. The molecule has 3 N–H and O–H groups in total. The summed E-state index contributed by atoms with van der Waals surface area (Å²) in [6.45, 7) is 0.511. The van der Waals surface area contributed by atoms with Crippen LogP contribution in [0.2, 0.25) is 0 Å². The van der Waals surface area contributed by atoms with Gasteiger partial charge in [-0.05, 0) is 5.56 Å². The van der Waals surface area contributed by atoms with Crippen LogP contribution < -0.4 is 16.8 Å². The molecule has 1 heterocycles. The second-order valence-corrected chi connectivity index (χ2v) is 3.34. The molecule has 0 atom stereocenters. The highest BCUT2D eigenvalue weighted by Gasteiger charge is 2.02. The third kappa shape index (κ3) is 2.09. The summed E-state index contributed by atoms with van der Waals surface area (Å²) in [7, 11) is 0. The van der Waals surface area contributed by atoms with Crippen LogP contribution in [0.1, 0.15) is 5.56 Å². The molecular formula is C11H12N4O. The lowest BCUT2D eigenvalue weighted by Gasteiger charge is -2.06. The lowest BCUT2D eigenvalue weighted by Crippen LogP contribution is -2.26. The molecule has 5 heteroatoms. The summed E-state index contributed by atoms with van der Waals surface area (Å²) in [5.41, 5.74) is 3.10. The van der Waals surface area contributed by atoms with Gasteiger partial charge in [-0.1, -0.05) is 30.3 Å². The Morgan fingerprint density at radius 3 is 2.75 bits per heavy atom.